The number of aryl methyl sites for hydroxylation is 1. The minimum absolute atomic E-state index is 0.413. The summed E-state index contributed by atoms with van der Waals surface area (Å²) in [6, 6.07) is 8.36. The van der Waals surface area contributed by atoms with Crippen LogP contribution in [0.1, 0.15) is 47.7 Å². The summed E-state index contributed by atoms with van der Waals surface area (Å²) in [6.45, 7) is 1.70. The Morgan fingerprint density at radius 2 is 1.75 bits per heavy atom. The van der Waals surface area contributed by atoms with Crippen LogP contribution in [0, 0.1) is 0 Å². The predicted molar refractivity (Wildman–Crippen MR) is 108 cm³/mol. The van der Waals surface area contributed by atoms with Gasteiger partial charge in [-0.15, -0.1) is 11.3 Å². The third-order valence-electron chi connectivity index (χ3n) is 5.02. The van der Waals surface area contributed by atoms with Crippen LogP contribution in [-0.4, -0.2) is 56.4 Å². The van der Waals surface area contributed by atoms with E-state index < -0.39 is 37.1 Å². The van der Waals surface area contributed by atoms with Gasteiger partial charge in [0, 0.05) is 6.42 Å². The van der Waals surface area contributed by atoms with Crippen LogP contribution in [0.15, 0.2) is 24.3 Å². The molecule has 1 aliphatic rings. The number of hydrogen-bond donors (Lipinski definition) is 4. The first-order valence-corrected chi connectivity index (χ1v) is 10.7. The molecule has 0 bridgehead atoms. The highest BCUT2D eigenvalue weighted by Gasteiger charge is 2.45. The third-order valence-corrected chi connectivity index (χ3v) is 6.41. The van der Waals surface area contributed by atoms with Gasteiger partial charge >= 0.3 is 0 Å². The molecule has 1 fully saturated rings. The van der Waals surface area contributed by atoms with E-state index in [1.165, 1.54) is 23.3 Å². The number of halogens is 1. The Morgan fingerprint density at radius 3 is 2.39 bits per heavy atom. The van der Waals surface area contributed by atoms with Gasteiger partial charge in [0.25, 0.3) is 0 Å². The fraction of sp³-hybridized carbons (Fsp3) is 0.550. The number of thiazole rings is 1. The average Bonchev–Trinajstić information content (AvgIpc) is 3.06. The molecule has 0 unspecified atom stereocenters. The van der Waals surface area contributed by atoms with E-state index in [9.17, 15) is 20.4 Å². The molecule has 0 spiro atoms. The van der Waals surface area contributed by atoms with Gasteiger partial charge in [0.15, 0.2) is 0 Å². The van der Waals surface area contributed by atoms with Crippen LogP contribution in [0.5, 0.6) is 0 Å². The number of unbranched alkanes of at least 4 members (excludes halogenated alkanes) is 1. The number of aliphatic hydroxyl groups is 4. The van der Waals surface area contributed by atoms with Crippen molar-refractivity contribution in [2.75, 3.05) is 6.61 Å². The molecule has 154 valence electrons. The van der Waals surface area contributed by atoms with Crippen LogP contribution in [0.25, 0.3) is 0 Å². The van der Waals surface area contributed by atoms with Crippen molar-refractivity contribution in [3.63, 3.8) is 0 Å². The topological polar surface area (TPSA) is 103 Å². The van der Waals surface area contributed by atoms with Gasteiger partial charge in [-0.3, -0.25) is 0 Å². The Balaban J connectivity index is 1.74. The smallest absolute Gasteiger partial charge is 0.138 e. The van der Waals surface area contributed by atoms with Crippen molar-refractivity contribution >= 4 is 22.9 Å². The molecule has 8 heteroatoms. The quantitative estimate of drug-likeness (QED) is 0.540. The Morgan fingerprint density at radius 1 is 1.07 bits per heavy atom. The highest BCUT2D eigenvalue weighted by molar-refractivity contribution is 7.16. The molecule has 0 aliphatic carbocycles. The zero-order valence-electron chi connectivity index (χ0n) is 15.7. The normalized spacial score (nSPS) is 27.9. The molecule has 1 aromatic heterocycles. The second kappa shape index (κ2) is 9.63. The van der Waals surface area contributed by atoms with Gasteiger partial charge in [-0.1, -0.05) is 49.2 Å². The van der Waals surface area contributed by atoms with E-state index in [-0.39, 0.29) is 0 Å². The summed E-state index contributed by atoms with van der Waals surface area (Å²) in [4.78, 5) is 4.51. The minimum Gasteiger partial charge on any atom is -0.394 e. The number of hydrogen-bond acceptors (Lipinski definition) is 7. The lowest BCUT2D eigenvalue weighted by molar-refractivity contribution is -0.231. The molecule has 5 atom stereocenters. The molecule has 0 amide bonds. The maximum absolute atomic E-state index is 10.3. The highest BCUT2D eigenvalue weighted by atomic mass is 35.5. The summed E-state index contributed by atoms with van der Waals surface area (Å²) in [5.74, 6) is 0. The second-order valence-corrected chi connectivity index (χ2v) is 8.75. The molecule has 0 radical (unpaired) electrons. The summed E-state index contributed by atoms with van der Waals surface area (Å²) in [5, 5.41) is 39.9. The monoisotopic (exact) mass is 427 g/mol. The van der Waals surface area contributed by atoms with E-state index >= 15 is 0 Å². The lowest BCUT2D eigenvalue weighted by atomic mass is 9.95. The van der Waals surface area contributed by atoms with E-state index in [0.717, 1.165) is 18.4 Å². The van der Waals surface area contributed by atoms with Crippen LogP contribution < -0.4 is 0 Å². The molecule has 6 nitrogen and oxygen atoms in total. The fourth-order valence-electron chi connectivity index (χ4n) is 3.28. The zero-order chi connectivity index (χ0) is 20.3. The third kappa shape index (κ3) is 4.74. The van der Waals surface area contributed by atoms with Crippen molar-refractivity contribution in [2.24, 2.45) is 0 Å². The van der Waals surface area contributed by atoms with Crippen molar-refractivity contribution in [1.29, 1.82) is 0 Å². The first-order valence-electron chi connectivity index (χ1n) is 9.48. The predicted octanol–water partition coefficient (Wildman–Crippen LogP) is 2.24. The number of benzene rings is 1. The second-order valence-electron chi connectivity index (χ2n) is 7.12. The Labute approximate surface area is 173 Å². The van der Waals surface area contributed by atoms with Crippen LogP contribution in [-0.2, 0) is 17.6 Å². The van der Waals surface area contributed by atoms with Gasteiger partial charge in [0.2, 0.25) is 0 Å². The molecule has 1 aliphatic heterocycles. The molecular weight excluding hydrogens is 402 g/mol. The van der Waals surface area contributed by atoms with E-state index in [2.05, 4.69) is 36.2 Å². The molecule has 3 rings (SSSR count). The van der Waals surface area contributed by atoms with Gasteiger partial charge < -0.3 is 25.2 Å². The van der Waals surface area contributed by atoms with Gasteiger partial charge in [-0.25, -0.2) is 4.98 Å². The maximum Gasteiger partial charge on any atom is 0.138 e. The van der Waals surface area contributed by atoms with Crippen molar-refractivity contribution in [3.05, 3.63) is 50.4 Å². The minimum atomic E-state index is -1.43. The molecule has 1 aromatic carbocycles. The molecule has 1 saturated heterocycles. The summed E-state index contributed by atoms with van der Waals surface area (Å²) >= 11 is 7.52. The summed E-state index contributed by atoms with van der Waals surface area (Å²) in [7, 11) is 0. The van der Waals surface area contributed by atoms with E-state index in [1.54, 1.807) is 0 Å². The Kier molecular flexibility index (Phi) is 7.44. The molecule has 4 N–H and O–H groups in total. The first-order chi connectivity index (χ1) is 13.4. The van der Waals surface area contributed by atoms with Crippen molar-refractivity contribution in [2.45, 2.75) is 63.1 Å². The highest BCUT2D eigenvalue weighted by Crippen LogP contribution is 2.37. The van der Waals surface area contributed by atoms with Gasteiger partial charge in [0.1, 0.15) is 39.9 Å². The van der Waals surface area contributed by atoms with Gasteiger partial charge in [0.05, 0.1) is 12.3 Å². The van der Waals surface area contributed by atoms with Crippen LogP contribution >= 0.6 is 22.9 Å². The van der Waals surface area contributed by atoms with E-state index in [1.807, 2.05) is 0 Å². The molecule has 0 saturated carbocycles. The maximum atomic E-state index is 10.3. The zero-order valence-corrected chi connectivity index (χ0v) is 17.2. The van der Waals surface area contributed by atoms with E-state index in [0.29, 0.717) is 21.5 Å². The fourth-order valence-corrected chi connectivity index (χ4v) is 4.52. The molecule has 2 heterocycles. The number of aliphatic hydroxyl groups excluding tert-OH is 4. The van der Waals surface area contributed by atoms with Crippen molar-refractivity contribution in [3.8, 4) is 0 Å². The standard InChI is InChI=1S/C20H26ClNO5S/c1-2-3-4-11-5-7-12(8-6-11)9-13-19(21)28-20(22-13)18-17(26)16(25)15(24)14(10-23)27-18/h5-8,14-18,23-26H,2-4,9-10H2,1H3/t14-,15-,16+,17-,18-/m1/s1. The number of ether oxygens (including phenoxy) is 1. The lowest BCUT2D eigenvalue weighted by Gasteiger charge is -2.39. The molecular formula is C20H26ClNO5S. The summed E-state index contributed by atoms with van der Waals surface area (Å²) < 4.78 is 6.06. The first kappa shape index (κ1) is 21.6. The summed E-state index contributed by atoms with van der Waals surface area (Å²) in [5.41, 5.74) is 3.05. The van der Waals surface area contributed by atoms with Crippen LogP contribution in [0.3, 0.4) is 0 Å². The van der Waals surface area contributed by atoms with Gasteiger partial charge in [-0.05, 0) is 24.0 Å². The van der Waals surface area contributed by atoms with E-state index in [4.69, 9.17) is 16.3 Å². The largest absolute Gasteiger partial charge is 0.394 e. The SMILES string of the molecule is CCCCc1ccc(Cc2nc([C@@H]3O[C@H](CO)[C@@H](O)[C@H](O)[C@H]3O)sc2Cl)cc1. The lowest BCUT2D eigenvalue weighted by Crippen LogP contribution is -2.55. The van der Waals surface area contributed by atoms with Crippen LogP contribution in [0.4, 0.5) is 0 Å². The van der Waals surface area contributed by atoms with Crippen LogP contribution in [0.2, 0.25) is 4.34 Å². The van der Waals surface area contributed by atoms with Gasteiger partial charge in [-0.2, -0.15) is 0 Å². The van der Waals surface area contributed by atoms with Crippen molar-refractivity contribution in [1.82, 2.24) is 4.98 Å². The summed E-state index contributed by atoms with van der Waals surface area (Å²) in [6.07, 6.45) is -2.17. The number of nitrogens with zero attached hydrogens (tertiary/aromatic N) is 1. The number of rotatable bonds is 7. The molecule has 28 heavy (non-hydrogen) atoms. The van der Waals surface area contributed by atoms with Crippen molar-refractivity contribution < 1.29 is 25.2 Å². The molecule has 2 aromatic rings. The average molecular weight is 428 g/mol. The number of aromatic nitrogens is 1. The Hall–Kier alpha value is -1.06. The Bertz CT molecular complexity index is 766.